The van der Waals surface area contributed by atoms with E-state index in [-0.39, 0.29) is 18.8 Å². The van der Waals surface area contributed by atoms with E-state index < -0.39 is 11.7 Å². The van der Waals surface area contributed by atoms with Crippen LogP contribution in [0.15, 0.2) is 42.7 Å². The Labute approximate surface area is 224 Å². The molecule has 3 heterocycles. The van der Waals surface area contributed by atoms with Gasteiger partial charge < -0.3 is 19.5 Å². The van der Waals surface area contributed by atoms with Crippen LogP contribution in [0.1, 0.15) is 79.7 Å². The molecule has 0 spiro atoms. The van der Waals surface area contributed by atoms with Gasteiger partial charge in [-0.25, -0.2) is 9.36 Å². The molecule has 202 valence electrons. The zero-order valence-electron chi connectivity index (χ0n) is 22.9. The molecule has 1 aromatic carbocycles. The zero-order chi connectivity index (χ0) is 27.3. The fourth-order valence-electron chi connectivity index (χ4n) is 4.49. The molecule has 8 nitrogen and oxygen atoms in total. The number of amides is 1. The first-order valence-electron chi connectivity index (χ1n) is 13.1. The molecule has 1 atom stereocenters. The van der Waals surface area contributed by atoms with E-state index >= 15 is 0 Å². The zero-order valence-corrected chi connectivity index (χ0v) is 22.9. The van der Waals surface area contributed by atoms with Gasteiger partial charge in [-0.1, -0.05) is 24.3 Å². The number of nitrogens with one attached hydrogen (secondary N) is 1. The molecule has 1 N–H and O–H groups in total. The maximum atomic E-state index is 13.3. The molecule has 1 fully saturated rings. The number of carbonyl (C=O) groups is 2. The molecular weight excluding hydrogens is 482 g/mol. The number of aryl methyl sites for hydroxylation is 1. The van der Waals surface area contributed by atoms with Gasteiger partial charge in [-0.3, -0.25) is 9.78 Å². The number of hydrogen-bond donors (Lipinski definition) is 1. The summed E-state index contributed by atoms with van der Waals surface area (Å²) in [6.07, 6.45) is 9.32. The van der Waals surface area contributed by atoms with Crippen molar-refractivity contribution < 1.29 is 23.8 Å². The Hall–Kier alpha value is -3.49. The Morgan fingerprint density at radius 2 is 2.03 bits per heavy atom. The van der Waals surface area contributed by atoms with Crippen LogP contribution in [0.5, 0.6) is 0 Å². The van der Waals surface area contributed by atoms with Gasteiger partial charge in [0, 0.05) is 30.9 Å². The van der Waals surface area contributed by atoms with Crippen molar-refractivity contribution in [3.63, 3.8) is 0 Å². The van der Waals surface area contributed by atoms with Crippen molar-refractivity contribution in [2.24, 2.45) is 0 Å². The summed E-state index contributed by atoms with van der Waals surface area (Å²) in [4.78, 5) is 30.5. The molecule has 0 saturated carbocycles. The summed E-state index contributed by atoms with van der Waals surface area (Å²) in [5.74, 6) is -0.210. The van der Waals surface area contributed by atoms with Gasteiger partial charge in [0.25, 0.3) is 5.91 Å². The Kier molecular flexibility index (Phi) is 8.64. The van der Waals surface area contributed by atoms with Crippen molar-refractivity contribution in [3.05, 3.63) is 70.7 Å². The Morgan fingerprint density at radius 1 is 1.21 bits per heavy atom. The van der Waals surface area contributed by atoms with Gasteiger partial charge in [-0.2, -0.15) is 0 Å². The molecule has 0 bridgehead atoms. The first kappa shape index (κ1) is 27.5. The molecule has 1 unspecified atom stereocenters. The lowest BCUT2D eigenvalue weighted by atomic mass is 10.0. The number of aromatic nitrogens is 2. The maximum Gasteiger partial charge on any atom is 0.419 e. The first-order valence-corrected chi connectivity index (χ1v) is 13.1. The fraction of sp³-hybridized carbons (Fsp3) is 0.433. The minimum absolute atomic E-state index is 0.210. The number of rotatable bonds is 7. The van der Waals surface area contributed by atoms with Crippen LogP contribution in [0.4, 0.5) is 4.79 Å². The van der Waals surface area contributed by atoms with E-state index in [2.05, 4.69) is 10.3 Å². The molecule has 38 heavy (non-hydrogen) atoms. The van der Waals surface area contributed by atoms with Crippen molar-refractivity contribution in [2.75, 3.05) is 6.61 Å². The third-order valence-electron chi connectivity index (χ3n) is 6.29. The van der Waals surface area contributed by atoms with Crippen LogP contribution in [0, 0.1) is 6.92 Å². The van der Waals surface area contributed by atoms with Crippen LogP contribution in [-0.4, -0.2) is 40.0 Å². The second kappa shape index (κ2) is 11.9. The van der Waals surface area contributed by atoms with Gasteiger partial charge in [0.15, 0.2) is 6.29 Å². The molecule has 4 rings (SSSR count). The molecule has 2 aromatic heterocycles. The van der Waals surface area contributed by atoms with Crippen LogP contribution in [0.2, 0.25) is 0 Å². The summed E-state index contributed by atoms with van der Waals surface area (Å²) in [5, 5.41) is 3.87. The van der Waals surface area contributed by atoms with Crippen molar-refractivity contribution in [2.45, 2.75) is 78.9 Å². The number of hydrogen-bond acceptors (Lipinski definition) is 6. The number of carbonyl (C=O) groups excluding carboxylic acids is 2. The smallest absolute Gasteiger partial charge is 0.419 e. The molecule has 1 aliphatic rings. The summed E-state index contributed by atoms with van der Waals surface area (Å²) in [5.41, 5.74) is 3.88. The van der Waals surface area contributed by atoms with E-state index in [9.17, 15) is 9.59 Å². The lowest BCUT2D eigenvalue weighted by molar-refractivity contribution is -0.169. The predicted molar refractivity (Wildman–Crippen MR) is 147 cm³/mol. The highest BCUT2D eigenvalue weighted by Gasteiger charge is 2.24. The number of fused-ring (bicyclic) bond motifs is 1. The molecule has 1 aliphatic heterocycles. The fourth-order valence-corrected chi connectivity index (χ4v) is 4.49. The predicted octanol–water partition coefficient (Wildman–Crippen LogP) is 6.13. The Balaban J connectivity index is 1.58. The second-order valence-corrected chi connectivity index (χ2v) is 10.6. The van der Waals surface area contributed by atoms with Crippen LogP contribution >= 0.6 is 0 Å². The molecule has 0 aliphatic carbocycles. The summed E-state index contributed by atoms with van der Waals surface area (Å²) >= 11 is 0. The van der Waals surface area contributed by atoms with Crippen LogP contribution < -0.4 is 5.32 Å². The van der Waals surface area contributed by atoms with E-state index in [0.29, 0.717) is 29.9 Å². The van der Waals surface area contributed by atoms with E-state index in [1.807, 2.05) is 71.0 Å². The number of pyridine rings is 1. The van der Waals surface area contributed by atoms with Crippen LogP contribution in [0.3, 0.4) is 0 Å². The van der Waals surface area contributed by atoms with Gasteiger partial charge >= 0.3 is 6.09 Å². The monoisotopic (exact) mass is 519 g/mol. The average Bonchev–Trinajstić information content (AvgIpc) is 3.25. The Morgan fingerprint density at radius 3 is 2.74 bits per heavy atom. The number of nitrogens with zero attached hydrogens (tertiary/aromatic N) is 2. The highest BCUT2D eigenvalue weighted by atomic mass is 16.7. The SMILES string of the molecule is C/C=C\c1c(C)cncc1C(=O)NCc1ccc2cc(COC3CCCCO3)n(C(=O)OC(C)(C)C)c2c1. The molecule has 0 radical (unpaired) electrons. The normalized spacial score (nSPS) is 16.2. The van der Waals surface area contributed by atoms with E-state index in [0.717, 1.165) is 41.3 Å². The first-order chi connectivity index (χ1) is 18.2. The minimum Gasteiger partial charge on any atom is -0.443 e. The standard InChI is InChI=1S/C30H37N3O5/c1-6-9-24-20(2)16-31-18-25(24)28(34)32-17-21-11-12-22-15-23(19-37-27-10-7-8-13-36-27)33(26(22)14-21)29(35)38-30(3,4)5/h6,9,11-12,14-16,18,27H,7-8,10,13,17,19H2,1-5H3,(H,32,34)/b9-6-. The minimum atomic E-state index is -0.656. The average molecular weight is 520 g/mol. The largest absolute Gasteiger partial charge is 0.443 e. The van der Waals surface area contributed by atoms with Crippen molar-refractivity contribution in [1.29, 1.82) is 0 Å². The quantitative estimate of drug-likeness (QED) is 0.404. The molecule has 1 amide bonds. The van der Waals surface area contributed by atoms with Gasteiger partial charge in [0.1, 0.15) is 5.60 Å². The molecule has 1 saturated heterocycles. The topological polar surface area (TPSA) is 91.7 Å². The lowest BCUT2D eigenvalue weighted by Crippen LogP contribution is -2.29. The van der Waals surface area contributed by atoms with Gasteiger partial charge in [0.05, 0.1) is 23.4 Å². The summed E-state index contributed by atoms with van der Waals surface area (Å²) < 4.78 is 19.0. The number of benzene rings is 1. The van der Waals surface area contributed by atoms with Gasteiger partial charge in [0.2, 0.25) is 0 Å². The molecular formula is C30H37N3O5. The summed E-state index contributed by atoms with van der Waals surface area (Å²) in [7, 11) is 0. The highest BCUT2D eigenvalue weighted by molar-refractivity contribution is 5.98. The van der Waals surface area contributed by atoms with Crippen LogP contribution in [0.25, 0.3) is 17.0 Å². The van der Waals surface area contributed by atoms with Gasteiger partial charge in [-0.05, 0) is 82.7 Å². The number of ether oxygens (including phenoxy) is 3. The van der Waals surface area contributed by atoms with E-state index in [1.54, 1.807) is 17.0 Å². The summed E-state index contributed by atoms with van der Waals surface area (Å²) in [6.45, 7) is 10.6. The van der Waals surface area contributed by atoms with E-state index in [4.69, 9.17) is 14.2 Å². The third kappa shape index (κ3) is 6.68. The highest BCUT2D eigenvalue weighted by Crippen LogP contribution is 2.25. The van der Waals surface area contributed by atoms with E-state index in [1.165, 1.54) is 0 Å². The van der Waals surface area contributed by atoms with Crippen molar-refractivity contribution in [3.8, 4) is 0 Å². The third-order valence-corrected chi connectivity index (χ3v) is 6.29. The van der Waals surface area contributed by atoms with Crippen LogP contribution in [-0.2, 0) is 27.4 Å². The van der Waals surface area contributed by atoms with Crippen molar-refractivity contribution >= 4 is 29.0 Å². The maximum absolute atomic E-state index is 13.3. The summed E-state index contributed by atoms with van der Waals surface area (Å²) in [6, 6.07) is 7.73. The molecule has 8 heteroatoms. The molecule has 3 aromatic rings. The van der Waals surface area contributed by atoms with Crippen molar-refractivity contribution in [1.82, 2.24) is 14.9 Å². The van der Waals surface area contributed by atoms with Gasteiger partial charge in [-0.15, -0.1) is 0 Å². The Bertz CT molecular complexity index is 1330. The lowest BCUT2D eigenvalue weighted by Gasteiger charge is -2.24. The number of allylic oxidation sites excluding steroid dienone is 1. The second-order valence-electron chi connectivity index (χ2n) is 10.6.